The largest absolute Gasteiger partial charge is 0.370 e. The number of aliphatic imine (C=N–C) groups is 1. The van der Waals surface area contributed by atoms with Crippen molar-refractivity contribution >= 4 is 35.6 Å². The van der Waals surface area contributed by atoms with E-state index in [9.17, 15) is 0 Å². The van der Waals surface area contributed by atoms with Gasteiger partial charge in [-0.15, -0.1) is 34.2 Å². The van der Waals surface area contributed by atoms with Crippen LogP contribution in [0.5, 0.6) is 0 Å². The Balaban J connectivity index is 0.00000225. The van der Waals surface area contributed by atoms with E-state index in [4.69, 9.17) is 5.73 Å². The van der Waals surface area contributed by atoms with Crippen LogP contribution in [0.3, 0.4) is 0 Å². The quantitative estimate of drug-likeness (QED) is 0.364. The van der Waals surface area contributed by atoms with E-state index in [0.717, 1.165) is 17.2 Å². The SMILES string of the molecule is Cc1cc(C)cc(NC(N)=NCc2nncn2-c2ccccc2)c1.I. The average Bonchev–Trinajstić information content (AvgIpc) is 3.01. The lowest BCUT2D eigenvalue weighted by atomic mass is 10.1. The van der Waals surface area contributed by atoms with E-state index in [1.807, 2.05) is 60.9 Å². The van der Waals surface area contributed by atoms with Crippen LogP contribution in [-0.4, -0.2) is 20.7 Å². The minimum atomic E-state index is 0. The number of benzene rings is 2. The zero-order chi connectivity index (χ0) is 16.9. The fourth-order valence-electron chi connectivity index (χ4n) is 2.56. The van der Waals surface area contributed by atoms with Crippen LogP contribution in [0, 0.1) is 13.8 Å². The van der Waals surface area contributed by atoms with E-state index in [-0.39, 0.29) is 24.0 Å². The smallest absolute Gasteiger partial charge is 0.193 e. The summed E-state index contributed by atoms with van der Waals surface area (Å²) in [5, 5.41) is 11.2. The summed E-state index contributed by atoms with van der Waals surface area (Å²) in [6.45, 7) is 4.44. The molecule has 0 aliphatic rings. The molecule has 0 atom stereocenters. The number of hydrogen-bond donors (Lipinski definition) is 2. The number of aryl methyl sites for hydroxylation is 2. The number of guanidine groups is 1. The Labute approximate surface area is 164 Å². The summed E-state index contributed by atoms with van der Waals surface area (Å²) in [7, 11) is 0. The maximum atomic E-state index is 5.99. The molecule has 6 nitrogen and oxygen atoms in total. The molecule has 0 aliphatic heterocycles. The lowest BCUT2D eigenvalue weighted by Gasteiger charge is -2.08. The Bertz CT molecular complexity index is 837. The van der Waals surface area contributed by atoms with Gasteiger partial charge < -0.3 is 11.1 Å². The van der Waals surface area contributed by atoms with Crippen molar-refractivity contribution in [2.45, 2.75) is 20.4 Å². The highest BCUT2D eigenvalue weighted by atomic mass is 127. The molecule has 3 aromatic rings. The molecule has 0 spiro atoms. The Hall–Kier alpha value is -2.42. The lowest BCUT2D eigenvalue weighted by molar-refractivity contribution is 0.859. The van der Waals surface area contributed by atoms with E-state index in [1.54, 1.807) is 6.33 Å². The van der Waals surface area contributed by atoms with Crippen molar-refractivity contribution < 1.29 is 0 Å². The Morgan fingerprint density at radius 3 is 2.48 bits per heavy atom. The third-order valence-corrected chi connectivity index (χ3v) is 3.54. The van der Waals surface area contributed by atoms with Crippen molar-refractivity contribution in [2.75, 3.05) is 5.32 Å². The van der Waals surface area contributed by atoms with Crippen molar-refractivity contribution in [2.24, 2.45) is 10.7 Å². The molecular weight excluding hydrogens is 427 g/mol. The number of anilines is 1. The maximum absolute atomic E-state index is 5.99. The van der Waals surface area contributed by atoms with Crippen LogP contribution in [0.4, 0.5) is 5.69 Å². The van der Waals surface area contributed by atoms with Crippen LogP contribution in [0.25, 0.3) is 5.69 Å². The van der Waals surface area contributed by atoms with Crippen molar-refractivity contribution in [1.29, 1.82) is 0 Å². The van der Waals surface area contributed by atoms with E-state index in [2.05, 4.69) is 26.6 Å². The number of halogens is 1. The normalized spacial score (nSPS) is 11.0. The van der Waals surface area contributed by atoms with E-state index >= 15 is 0 Å². The molecule has 0 saturated heterocycles. The van der Waals surface area contributed by atoms with Crippen molar-refractivity contribution in [3.8, 4) is 5.69 Å². The van der Waals surface area contributed by atoms with Gasteiger partial charge in [-0.05, 0) is 49.2 Å². The minimum Gasteiger partial charge on any atom is -0.370 e. The number of nitrogens with zero attached hydrogens (tertiary/aromatic N) is 4. The van der Waals surface area contributed by atoms with Gasteiger partial charge in [0.05, 0.1) is 0 Å². The minimum absolute atomic E-state index is 0. The highest BCUT2D eigenvalue weighted by molar-refractivity contribution is 14.0. The fraction of sp³-hybridized carbons (Fsp3) is 0.167. The molecule has 7 heteroatoms. The molecule has 2 aromatic carbocycles. The first-order valence-corrected chi connectivity index (χ1v) is 7.71. The molecule has 130 valence electrons. The zero-order valence-electron chi connectivity index (χ0n) is 14.2. The first-order chi connectivity index (χ1) is 11.6. The number of hydrogen-bond acceptors (Lipinski definition) is 3. The molecule has 0 aliphatic carbocycles. The van der Waals surface area contributed by atoms with Gasteiger partial charge in [0.2, 0.25) is 0 Å². The molecule has 1 heterocycles. The van der Waals surface area contributed by atoms with Crippen LogP contribution in [0.2, 0.25) is 0 Å². The predicted octanol–water partition coefficient (Wildman–Crippen LogP) is 3.43. The van der Waals surface area contributed by atoms with Gasteiger partial charge in [-0.1, -0.05) is 24.3 Å². The van der Waals surface area contributed by atoms with Gasteiger partial charge >= 0.3 is 0 Å². The van der Waals surface area contributed by atoms with Crippen LogP contribution in [0.1, 0.15) is 17.0 Å². The summed E-state index contributed by atoms with van der Waals surface area (Å²) < 4.78 is 1.90. The molecule has 0 amide bonds. The molecular formula is C18H21IN6. The molecule has 3 N–H and O–H groups in total. The molecule has 0 fully saturated rings. The average molecular weight is 448 g/mol. The van der Waals surface area contributed by atoms with Gasteiger partial charge in [-0.2, -0.15) is 0 Å². The number of aromatic nitrogens is 3. The fourth-order valence-corrected chi connectivity index (χ4v) is 2.56. The second-order valence-electron chi connectivity index (χ2n) is 5.66. The summed E-state index contributed by atoms with van der Waals surface area (Å²) >= 11 is 0. The molecule has 3 rings (SSSR count). The highest BCUT2D eigenvalue weighted by Crippen LogP contribution is 2.14. The Kier molecular flexibility index (Phi) is 6.51. The van der Waals surface area contributed by atoms with Gasteiger partial charge in [0, 0.05) is 11.4 Å². The maximum Gasteiger partial charge on any atom is 0.193 e. The first-order valence-electron chi connectivity index (χ1n) is 7.71. The lowest BCUT2D eigenvalue weighted by Crippen LogP contribution is -2.23. The van der Waals surface area contributed by atoms with E-state index in [0.29, 0.717) is 12.5 Å². The van der Waals surface area contributed by atoms with Gasteiger partial charge in [0.1, 0.15) is 12.9 Å². The van der Waals surface area contributed by atoms with Gasteiger partial charge in [0.25, 0.3) is 0 Å². The van der Waals surface area contributed by atoms with Crippen LogP contribution < -0.4 is 11.1 Å². The highest BCUT2D eigenvalue weighted by Gasteiger charge is 2.05. The summed E-state index contributed by atoms with van der Waals surface area (Å²) in [6, 6.07) is 16.1. The Morgan fingerprint density at radius 1 is 1.12 bits per heavy atom. The number of rotatable bonds is 4. The molecule has 0 bridgehead atoms. The second kappa shape index (κ2) is 8.61. The number of nitrogens with one attached hydrogen (secondary N) is 1. The van der Waals surface area contributed by atoms with Crippen LogP contribution >= 0.6 is 24.0 Å². The zero-order valence-corrected chi connectivity index (χ0v) is 16.5. The third-order valence-electron chi connectivity index (χ3n) is 3.54. The monoisotopic (exact) mass is 448 g/mol. The molecule has 0 radical (unpaired) electrons. The topological polar surface area (TPSA) is 81.1 Å². The predicted molar refractivity (Wildman–Crippen MR) is 112 cm³/mol. The first kappa shape index (κ1) is 18.9. The van der Waals surface area contributed by atoms with Crippen LogP contribution in [0.15, 0.2) is 59.9 Å². The number of nitrogens with two attached hydrogens (primary N) is 1. The van der Waals surface area contributed by atoms with Crippen molar-refractivity contribution in [3.05, 3.63) is 71.8 Å². The molecule has 0 unspecified atom stereocenters. The van der Waals surface area contributed by atoms with Crippen molar-refractivity contribution in [3.63, 3.8) is 0 Å². The Morgan fingerprint density at radius 2 is 1.80 bits per heavy atom. The van der Waals surface area contributed by atoms with E-state index < -0.39 is 0 Å². The van der Waals surface area contributed by atoms with E-state index in [1.165, 1.54) is 11.1 Å². The van der Waals surface area contributed by atoms with Gasteiger partial charge in [-0.3, -0.25) is 4.57 Å². The standard InChI is InChI=1S/C18H20N6.HI/c1-13-8-14(2)10-15(9-13)22-18(19)20-11-17-23-21-12-24(17)16-6-4-3-5-7-16;/h3-10,12H,11H2,1-2H3,(H3,19,20,22);1H. The molecule has 25 heavy (non-hydrogen) atoms. The van der Waals surface area contributed by atoms with Crippen LogP contribution in [-0.2, 0) is 6.54 Å². The summed E-state index contributed by atoms with van der Waals surface area (Å²) in [5.41, 5.74) is 10.3. The summed E-state index contributed by atoms with van der Waals surface area (Å²) in [5.74, 6) is 1.08. The number of para-hydroxylation sites is 1. The molecule has 1 aromatic heterocycles. The van der Waals surface area contributed by atoms with Gasteiger partial charge in [-0.25, -0.2) is 4.99 Å². The van der Waals surface area contributed by atoms with Gasteiger partial charge in [0.15, 0.2) is 11.8 Å². The second-order valence-corrected chi connectivity index (χ2v) is 5.66. The molecule has 0 saturated carbocycles. The third kappa shape index (κ3) is 5.02. The summed E-state index contributed by atoms with van der Waals surface area (Å²) in [6.07, 6.45) is 1.67. The van der Waals surface area contributed by atoms with Crippen molar-refractivity contribution in [1.82, 2.24) is 14.8 Å². The summed E-state index contributed by atoms with van der Waals surface area (Å²) in [4.78, 5) is 4.37.